The predicted octanol–water partition coefficient (Wildman–Crippen LogP) is 1.46. The lowest BCUT2D eigenvalue weighted by atomic mass is 10.2. The van der Waals surface area contributed by atoms with Gasteiger partial charge in [-0.3, -0.25) is 10.1 Å². The third-order valence-corrected chi connectivity index (χ3v) is 3.82. The summed E-state index contributed by atoms with van der Waals surface area (Å²) in [6, 6.07) is 2.53. The first kappa shape index (κ1) is 12.5. The summed E-state index contributed by atoms with van der Waals surface area (Å²) < 4.78 is 35.3. The second kappa shape index (κ2) is 4.37. The molecule has 0 bridgehead atoms. The highest BCUT2D eigenvalue weighted by Crippen LogP contribution is 2.26. The second-order valence-corrected chi connectivity index (χ2v) is 5.76. The Morgan fingerprint density at radius 1 is 1.44 bits per heavy atom. The lowest BCUT2D eigenvalue weighted by Crippen LogP contribution is -2.21. The summed E-state index contributed by atoms with van der Waals surface area (Å²) in [6.07, 6.45) is 1.41. The van der Waals surface area contributed by atoms with Crippen LogP contribution in [0, 0.1) is 15.9 Å². The maximum absolute atomic E-state index is 12.9. The van der Waals surface area contributed by atoms with Gasteiger partial charge in [0.2, 0.25) is 0 Å². The van der Waals surface area contributed by atoms with Crippen molar-refractivity contribution in [2.75, 3.05) is 11.1 Å². The molecule has 0 saturated carbocycles. The van der Waals surface area contributed by atoms with E-state index in [0.717, 1.165) is 17.5 Å². The fraction of sp³-hybridized carbons (Fsp3) is 0.200. The van der Waals surface area contributed by atoms with Crippen LogP contribution in [0.1, 0.15) is 0 Å². The van der Waals surface area contributed by atoms with E-state index in [-0.39, 0.29) is 11.4 Å². The Bertz CT molecular complexity index is 627. The van der Waals surface area contributed by atoms with E-state index in [1.165, 1.54) is 12.1 Å². The third-order valence-electron chi connectivity index (χ3n) is 2.43. The van der Waals surface area contributed by atoms with Gasteiger partial charge in [-0.25, -0.2) is 12.8 Å². The molecule has 1 aliphatic rings. The zero-order chi connectivity index (χ0) is 13.3. The number of nitro benzene ring substituents is 1. The molecular weight excluding hydrogens is 263 g/mol. The molecule has 0 radical (unpaired) electrons. The van der Waals surface area contributed by atoms with Gasteiger partial charge in [-0.05, 0) is 12.1 Å². The van der Waals surface area contributed by atoms with Gasteiger partial charge >= 0.3 is 0 Å². The van der Waals surface area contributed by atoms with E-state index in [1.807, 2.05) is 0 Å². The van der Waals surface area contributed by atoms with Crippen molar-refractivity contribution in [3.8, 4) is 0 Å². The molecule has 0 aromatic heterocycles. The van der Waals surface area contributed by atoms with E-state index in [0.29, 0.717) is 0 Å². The molecule has 2 rings (SSSR count). The van der Waals surface area contributed by atoms with Gasteiger partial charge in [0, 0.05) is 5.41 Å². The van der Waals surface area contributed by atoms with Crippen LogP contribution >= 0.6 is 0 Å². The minimum atomic E-state index is -3.24. The van der Waals surface area contributed by atoms with Crippen LogP contribution in [0.15, 0.2) is 29.7 Å². The molecule has 1 atom stereocenters. The van der Waals surface area contributed by atoms with E-state index in [1.54, 1.807) is 0 Å². The molecule has 0 fully saturated rings. The van der Waals surface area contributed by atoms with Gasteiger partial charge in [0.15, 0.2) is 9.84 Å². The first-order chi connectivity index (χ1) is 8.37. The summed E-state index contributed by atoms with van der Waals surface area (Å²) in [5.74, 6) is -0.886. The van der Waals surface area contributed by atoms with Crippen molar-refractivity contribution in [2.24, 2.45) is 0 Å². The number of nitro groups is 1. The smallest absolute Gasteiger partial charge is 0.295 e. The molecule has 6 nitrogen and oxygen atoms in total. The zero-order valence-corrected chi connectivity index (χ0v) is 9.85. The van der Waals surface area contributed by atoms with E-state index < -0.39 is 32.3 Å². The number of rotatable bonds is 3. The Hall–Kier alpha value is -1.96. The fourth-order valence-corrected chi connectivity index (χ4v) is 2.88. The largest absolute Gasteiger partial charge is 0.372 e. The zero-order valence-electron chi connectivity index (χ0n) is 9.04. The maximum atomic E-state index is 12.9. The summed E-state index contributed by atoms with van der Waals surface area (Å²) in [5.41, 5.74) is -0.333. The van der Waals surface area contributed by atoms with Crippen LogP contribution in [-0.4, -0.2) is 25.1 Å². The van der Waals surface area contributed by atoms with Crippen molar-refractivity contribution in [3.63, 3.8) is 0 Å². The summed E-state index contributed by atoms with van der Waals surface area (Å²) in [6.45, 7) is 0. The number of hydrogen-bond donors (Lipinski definition) is 1. The van der Waals surface area contributed by atoms with Gasteiger partial charge in [-0.15, -0.1) is 0 Å². The molecule has 1 aromatic rings. The van der Waals surface area contributed by atoms with Crippen LogP contribution in [-0.2, 0) is 9.84 Å². The van der Waals surface area contributed by atoms with Crippen LogP contribution in [0.4, 0.5) is 15.8 Å². The molecule has 1 aromatic carbocycles. The number of hydrogen-bond acceptors (Lipinski definition) is 5. The molecule has 0 saturated heterocycles. The topological polar surface area (TPSA) is 89.3 Å². The van der Waals surface area contributed by atoms with Gasteiger partial charge in [-0.2, -0.15) is 0 Å². The molecular formula is C10H9FN2O4S. The van der Waals surface area contributed by atoms with Crippen molar-refractivity contribution in [1.29, 1.82) is 0 Å². The number of halogens is 1. The van der Waals surface area contributed by atoms with Gasteiger partial charge < -0.3 is 5.32 Å². The lowest BCUT2D eigenvalue weighted by molar-refractivity contribution is -0.384. The quantitative estimate of drug-likeness (QED) is 0.664. The van der Waals surface area contributed by atoms with Crippen LogP contribution in [0.5, 0.6) is 0 Å². The van der Waals surface area contributed by atoms with E-state index >= 15 is 0 Å². The first-order valence-corrected chi connectivity index (χ1v) is 6.70. The van der Waals surface area contributed by atoms with E-state index in [9.17, 15) is 22.9 Å². The molecule has 96 valence electrons. The Balaban J connectivity index is 2.25. The Kier molecular flexibility index (Phi) is 3.04. The molecule has 0 unspecified atom stereocenters. The Morgan fingerprint density at radius 3 is 2.72 bits per heavy atom. The average Bonchev–Trinajstić information content (AvgIpc) is 2.60. The van der Waals surface area contributed by atoms with Crippen molar-refractivity contribution in [2.45, 2.75) is 6.04 Å². The van der Waals surface area contributed by atoms with Gasteiger partial charge in [-0.1, -0.05) is 6.08 Å². The highest BCUT2D eigenvalue weighted by Gasteiger charge is 2.24. The molecule has 1 heterocycles. The van der Waals surface area contributed by atoms with Crippen LogP contribution < -0.4 is 5.32 Å². The number of nitrogens with one attached hydrogen (secondary N) is 1. The minimum absolute atomic E-state index is 0.0909. The molecule has 8 heteroatoms. The predicted molar refractivity (Wildman–Crippen MR) is 63.4 cm³/mol. The highest BCUT2D eigenvalue weighted by atomic mass is 32.2. The molecule has 0 spiro atoms. The molecule has 1 aliphatic heterocycles. The Morgan fingerprint density at radius 2 is 2.17 bits per heavy atom. The summed E-state index contributed by atoms with van der Waals surface area (Å²) in [7, 11) is -3.24. The lowest BCUT2D eigenvalue weighted by Gasteiger charge is -2.11. The van der Waals surface area contributed by atoms with E-state index in [4.69, 9.17) is 0 Å². The van der Waals surface area contributed by atoms with Crippen LogP contribution in [0.2, 0.25) is 0 Å². The maximum Gasteiger partial charge on any atom is 0.295 e. The summed E-state index contributed by atoms with van der Waals surface area (Å²) in [5, 5.41) is 14.5. The Labute approximate surface area is 102 Å². The van der Waals surface area contributed by atoms with Crippen molar-refractivity contribution in [3.05, 3.63) is 45.6 Å². The van der Waals surface area contributed by atoms with Crippen molar-refractivity contribution >= 4 is 21.2 Å². The number of anilines is 1. The normalized spacial score (nSPS) is 20.8. The molecule has 0 amide bonds. The second-order valence-electron chi connectivity index (χ2n) is 3.83. The number of benzene rings is 1. The van der Waals surface area contributed by atoms with Crippen LogP contribution in [0.25, 0.3) is 0 Å². The standard InChI is InChI=1S/C10H9FN2O4S/c11-7-1-2-9(10(5-7)13(14)15)12-8-3-4-18(16,17)6-8/h1-5,8,12H,6H2/t8-/m0/s1. The van der Waals surface area contributed by atoms with Gasteiger partial charge in [0.05, 0.1) is 22.8 Å². The average molecular weight is 272 g/mol. The fourth-order valence-electron chi connectivity index (χ4n) is 1.64. The monoisotopic (exact) mass is 272 g/mol. The molecule has 0 aliphatic carbocycles. The van der Waals surface area contributed by atoms with Gasteiger partial charge in [0.25, 0.3) is 5.69 Å². The van der Waals surface area contributed by atoms with Crippen LogP contribution in [0.3, 0.4) is 0 Å². The highest BCUT2D eigenvalue weighted by molar-refractivity contribution is 7.94. The molecule has 1 N–H and O–H groups in total. The minimum Gasteiger partial charge on any atom is -0.372 e. The van der Waals surface area contributed by atoms with Crippen molar-refractivity contribution in [1.82, 2.24) is 0 Å². The first-order valence-electron chi connectivity index (χ1n) is 4.99. The summed E-state index contributed by atoms with van der Waals surface area (Å²) >= 11 is 0. The van der Waals surface area contributed by atoms with Gasteiger partial charge in [0.1, 0.15) is 11.5 Å². The third kappa shape index (κ3) is 2.65. The molecule has 18 heavy (non-hydrogen) atoms. The number of nitrogens with zero attached hydrogens (tertiary/aromatic N) is 1. The van der Waals surface area contributed by atoms with E-state index in [2.05, 4.69) is 5.32 Å². The van der Waals surface area contributed by atoms with Crippen molar-refractivity contribution < 1.29 is 17.7 Å². The SMILES string of the molecule is O=[N+]([O-])c1cc(F)ccc1N[C@H]1C=CS(=O)(=O)C1. The summed E-state index contributed by atoms with van der Waals surface area (Å²) in [4.78, 5) is 10.0. The number of sulfone groups is 1.